The number of hydrogen-bond donors (Lipinski definition) is 4. The lowest BCUT2D eigenvalue weighted by Gasteiger charge is -2.40. The zero-order chi connectivity index (χ0) is 23.5. The van der Waals surface area contributed by atoms with E-state index in [-0.39, 0.29) is 17.2 Å². The minimum atomic E-state index is -2.74. The Balaban J connectivity index is 1.55. The molecule has 2 fully saturated rings. The first-order valence-electron chi connectivity index (χ1n) is 11.3. The number of ether oxygens (including phenoxy) is 2. The standard InChI is InChI=1S/C25H30F2O6/c26-25(27)17-11-15(9-14-5-7-19(8-6-14)32-18-3-1-2-4-18)10-16(12-17)24-23(31)22(30)21(29)20(13-28)33-24/h5-8,10-12,18,20-25,28-31H,1-4,9,13H2/t20?,21-,22+,23-,24+/m1/s1. The molecule has 4 N–H and O–H groups in total. The van der Waals surface area contributed by atoms with Gasteiger partial charge in [-0.25, -0.2) is 8.78 Å². The molecule has 0 spiro atoms. The van der Waals surface area contributed by atoms with Crippen LogP contribution in [-0.2, 0) is 11.2 Å². The molecule has 6 nitrogen and oxygen atoms in total. The lowest BCUT2D eigenvalue weighted by molar-refractivity contribution is -0.231. The molecule has 2 aromatic rings. The van der Waals surface area contributed by atoms with E-state index in [0.717, 1.165) is 24.2 Å². The van der Waals surface area contributed by atoms with Crippen LogP contribution in [0.5, 0.6) is 5.75 Å². The highest BCUT2D eigenvalue weighted by Gasteiger charge is 2.44. The van der Waals surface area contributed by atoms with E-state index in [1.165, 1.54) is 25.0 Å². The molecule has 0 radical (unpaired) electrons. The van der Waals surface area contributed by atoms with Crippen molar-refractivity contribution in [2.45, 2.75) is 75.2 Å². The molecule has 1 unspecified atom stereocenters. The van der Waals surface area contributed by atoms with Gasteiger partial charge in [0.1, 0.15) is 36.3 Å². The highest BCUT2D eigenvalue weighted by atomic mass is 19.3. The van der Waals surface area contributed by atoms with Gasteiger partial charge in [0, 0.05) is 5.56 Å². The summed E-state index contributed by atoms with van der Waals surface area (Å²) in [5.74, 6) is 0.786. The largest absolute Gasteiger partial charge is 0.490 e. The highest BCUT2D eigenvalue weighted by Crippen LogP contribution is 2.35. The Hall–Kier alpha value is -2.10. The third-order valence-corrected chi connectivity index (χ3v) is 6.45. The predicted octanol–water partition coefficient (Wildman–Crippen LogP) is 3.05. The summed E-state index contributed by atoms with van der Waals surface area (Å²) in [5, 5.41) is 39.9. The Morgan fingerprint density at radius 2 is 1.61 bits per heavy atom. The van der Waals surface area contributed by atoms with Crippen molar-refractivity contribution < 1.29 is 38.7 Å². The molecule has 1 heterocycles. The first-order chi connectivity index (χ1) is 15.9. The smallest absolute Gasteiger partial charge is 0.263 e. The van der Waals surface area contributed by atoms with Crippen LogP contribution in [0.15, 0.2) is 42.5 Å². The first kappa shape index (κ1) is 24.0. The van der Waals surface area contributed by atoms with Crippen LogP contribution >= 0.6 is 0 Å². The van der Waals surface area contributed by atoms with E-state index >= 15 is 0 Å². The molecule has 1 saturated heterocycles. The van der Waals surface area contributed by atoms with Crippen molar-refractivity contribution in [1.29, 1.82) is 0 Å². The molecular weight excluding hydrogens is 434 g/mol. The minimum Gasteiger partial charge on any atom is -0.490 e. The molecule has 8 heteroatoms. The van der Waals surface area contributed by atoms with Crippen molar-refractivity contribution in [3.63, 3.8) is 0 Å². The molecule has 1 aliphatic heterocycles. The van der Waals surface area contributed by atoms with Crippen molar-refractivity contribution in [2.24, 2.45) is 0 Å². The van der Waals surface area contributed by atoms with Gasteiger partial charge in [-0.05, 0) is 73.1 Å². The number of aliphatic hydroxyl groups excluding tert-OH is 4. The van der Waals surface area contributed by atoms with Crippen LogP contribution < -0.4 is 4.74 Å². The van der Waals surface area contributed by atoms with E-state index in [9.17, 15) is 29.2 Å². The number of rotatable bonds is 7. The van der Waals surface area contributed by atoms with Crippen LogP contribution in [0.25, 0.3) is 0 Å². The van der Waals surface area contributed by atoms with Crippen molar-refractivity contribution in [1.82, 2.24) is 0 Å². The maximum Gasteiger partial charge on any atom is 0.263 e. The fourth-order valence-corrected chi connectivity index (χ4v) is 4.64. The summed E-state index contributed by atoms with van der Waals surface area (Å²) in [6.07, 6.45) is -4.54. The maximum absolute atomic E-state index is 13.6. The minimum absolute atomic E-state index is 0.236. The molecule has 180 valence electrons. The van der Waals surface area contributed by atoms with E-state index in [1.807, 2.05) is 24.3 Å². The molecule has 0 aromatic heterocycles. The molecule has 0 bridgehead atoms. The van der Waals surface area contributed by atoms with Crippen LogP contribution in [0.4, 0.5) is 8.78 Å². The molecule has 5 atom stereocenters. The fourth-order valence-electron chi connectivity index (χ4n) is 4.64. The Labute approximate surface area is 191 Å². The summed E-state index contributed by atoms with van der Waals surface area (Å²) >= 11 is 0. The number of alkyl halides is 2. The van der Waals surface area contributed by atoms with E-state index in [1.54, 1.807) is 6.07 Å². The quantitative estimate of drug-likeness (QED) is 0.503. The second-order valence-corrected chi connectivity index (χ2v) is 8.90. The molecule has 1 aliphatic carbocycles. The van der Waals surface area contributed by atoms with E-state index < -0.39 is 43.6 Å². The summed E-state index contributed by atoms with van der Waals surface area (Å²) in [6, 6.07) is 11.8. The maximum atomic E-state index is 13.6. The van der Waals surface area contributed by atoms with Crippen molar-refractivity contribution in [3.05, 3.63) is 64.7 Å². The van der Waals surface area contributed by atoms with Crippen LogP contribution in [0, 0.1) is 0 Å². The lowest BCUT2D eigenvalue weighted by atomic mass is 9.89. The summed E-state index contributed by atoms with van der Waals surface area (Å²) in [5.41, 5.74) is 1.51. The lowest BCUT2D eigenvalue weighted by Crippen LogP contribution is -2.55. The van der Waals surface area contributed by atoms with Gasteiger partial charge in [0.15, 0.2) is 0 Å². The molecule has 4 rings (SSSR count). The van der Waals surface area contributed by atoms with Crippen molar-refractivity contribution in [3.8, 4) is 5.75 Å². The van der Waals surface area contributed by atoms with Crippen LogP contribution in [0.3, 0.4) is 0 Å². The fraction of sp³-hybridized carbons (Fsp3) is 0.520. The molecule has 2 aliphatic rings. The van der Waals surface area contributed by atoms with Crippen LogP contribution in [0.2, 0.25) is 0 Å². The zero-order valence-corrected chi connectivity index (χ0v) is 18.2. The number of benzene rings is 2. The average Bonchev–Trinajstić information content (AvgIpc) is 3.32. The topological polar surface area (TPSA) is 99.4 Å². The molecular formula is C25H30F2O6. The number of aliphatic hydroxyl groups is 4. The first-order valence-corrected chi connectivity index (χ1v) is 11.3. The predicted molar refractivity (Wildman–Crippen MR) is 116 cm³/mol. The summed E-state index contributed by atoms with van der Waals surface area (Å²) < 4.78 is 38.8. The Kier molecular flexibility index (Phi) is 7.61. The molecule has 0 amide bonds. The Morgan fingerprint density at radius 3 is 2.24 bits per heavy atom. The van der Waals surface area contributed by atoms with E-state index in [4.69, 9.17) is 9.47 Å². The van der Waals surface area contributed by atoms with Crippen LogP contribution in [0.1, 0.15) is 60.5 Å². The number of halogens is 2. The molecule has 33 heavy (non-hydrogen) atoms. The van der Waals surface area contributed by atoms with E-state index in [2.05, 4.69) is 0 Å². The SMILES string of the molecule is OCC1O[C@@H](c2cc(Cc3ccc(OC4CCCC4)cc3)cc(C(F)F)c2)[C@H](O)[C@@H](O)[C@@H]1O. The van der Waals surface area contributed by atoms with Gasteiger partial charge in [0.2, 0.25) is 0 Å². The van der Waals surface area contributed by atoms with Crippen molar-refractivity contribution >= 4 is 0 Å². The number of hydrogen-bond acceptors (Lipinski definition) is 6. The summed E-state index contributed by atoms with van der Waals surface area (Å²) in [7, 11) is 0. The van der Waals surface area contributed by atoms with Crippen LogP contribution in [-0.4, -0.2) is 57.6 Å². The van der Waals surface area contributed by atoms with E-state index in [0.29, 0.717) is 12.0 Å². The molecule has 1 saturated carbocycles. The Bertz CT molecular complexity index is 914. The zero-order valence-electron chi connectivity index (χ0n) is 18.2. The third-order valence-electron chi connectivity index (χ3n) is 6.45. The normalized spacial score (nSPS) is 28.4. The monoisotopic (exact) mass is 464 g/mol. The van der Waals surface area contributed by atoms with Crippen molar-refractivity contribution in [2.75, 3.05) is 6.61 Å². The Morgan fingerprint density at radius 1 is 0.909 bits per heavy atom. The van der Waals surface area contributed by atoms with Gasteiger partial charge >= 0.3 is 0 Å². The summed E-state index contributed by atoms with van der Waals surface area (Å²) in [4.78, 5) is 0. The second-order valence-electron chi connectivity index (χ2n) is 8.90. The highest BCUT2D eigenvalue weighted by molar-refractivity contribution is 5.37. The third kappa shape index (κ3) is 5.53. The van der Waals surface area contributed by atoms with Gasteiger partial charge in [-0.15, -0.1) is 0 Å². The van der Waals surface area contributed by atoms with Gasteiger partial charge in [-0.2, -0.15) is 0 Å². The van der Waals surface area contributed by atoms with Gasteiger partial charge < -0.3 is 29.9 Å². The summed E-state index contributed by atoms with van der Waals surface area (Å²) in [6.45, 7) is -0.585. The average molecular weight is 465 g/mol. The molecule has 2 aromatic carbocycles. The van der Waals surface area contributed by atoms with Gasteiger partial charge in [0.25, 0.3) is 6.43 Å². The second kappa shape index (κ2) is 10.4. The van der Waals surface area contributed by atoms with Gasteiger partial charge in [-0.1, -0.05) is 18.2 Å². The van der Waals surface area contributed by atoms with Gasteiger partial charge in [-0.3, -0.25) is 0 Å². The van der Waals surface area contributed by atoms with Gasteiger partial charge in [0.05, 0.1) is 12.7 Å².